The second-order valence-electron chi connectivity index (χ2n) is 5.81. The van der Waals surface area contributed by atoms with Gasteiger partial charge in [0.15, 0.2) is 0 Å². The maximum Gasteiger partial charge on any atom is 0.143 e. The lowest BCUT2D eigenvalue weighted by Gasteiger charge is -2.18. The molecule has 128 valence electrons. The predicted molar refractivity (Wildman–Crippen MR) is 96.6 cm³/mol. The van der Waals surface area contributed by atoms with E-state index in [1.165, 1.54) is 5.56 Å². The minimum atomic E-state index is 0.378. The Kier molecular flexibility index (Phi) is 5.52. The molecule has 1 atom stereocenters. The average molecular weight is 393 g/mol. The molecule has 24 heavy (non-hydrogen) atoms. The Morgan fingerprint density at radius 3 is 2.67 bits per heavy atom. The highest BCUT2D eigenvalue weighted by Crippen LogP contribution is 2.25. The minimum Gasteiger partial charge on any atom is -0.497 e. The maximum atomic E-state index is 5.34. The number of nitrogens with zero attached hydrogens (tertiary/aromatic N) is 3. The van der Waals surface area contributed by atoms with E-state index < -0.39 is 0 Å². The van der Waals surface area contributed by atoms with Crippen LogP contribution in [0.2, 0.25) is 0 Å². The summed E-state index contributed by atoms with van der Waals surface area (Å²) in [6.07, 6.45) is 4.39. The highest BCUT2D eigenvalue weighted by atomic mass is 79.9. The molecule has 7 heteroatoms. The van der Waals surface area contributed by atoms with E-state index in [0.29, 0.717) is 6.04 Å². The largest absolute Gasteiger partial charge is 0.497 e. The van der Waals surface area contributed by atoms with E-state index in [1.54, 1.807) is 26.7 Å². The van der Waals surface area contributed by atoms with Crippen molar-refractivity contribution in [2.75, 3.05) is 32.6 Å². The summed E-state index contributed by atoms with van der Waals surface area (Å²) in [4.78, 5) is 10.7. The maximum absolute atomic E-state index is 5.34. The fourth-order valence-corrected chi connectivity index (χ4v) is 3.26. The number of benzene rings is 1. The second-order valence-corrected chi connectivity index (χ2v) is 6.66. The summed E-state index contributed by atoms with van der Waals surface area (Å²) in [5, 5.41) is 3.48. The first-order valence-corrected chi connectivity index (χ1v) is 8.63. The Morgan fingerprint density at radius 1 is 1.25 bits per heavy atom. The first-order valence-electron chi connectivity index (χ1n) is 7.84. The summed E-state index contributed by atoms with van der Waals surface area (Å²) in [6, 6.07) is 6.39. The summed E-state index contributed by atoms with van der Waals surface area (Å²) in [7, 11) is 3.35. The van der Waals surface area contributed by atoms with Crippen LogP contribution in [0.4, 0.5) is 5.82 Å². The van der Waals surface area contributed by atoms with E-state index >= 15 is 0 Å². The van der Waals surface area contributed by atoms with E-state index in [4.69, 9.17) is 9.47 Å². The zero-order valence-electron chi connectivity index (χ0n) is 13.8. The van der Waals surface area contributed by atoms with Gasteiger partial charge in [0.1, 0.15) is 23.6 Å². The molecule has 1 N–H and O–H groups in total. The number of ether oxygens (including phenoxy) is 2. The van der Waals surface area contributed by atoms with E-state index in [-0.39, 0.29) is 0 Å². The Balaban J connectivity index is 1.61. The quantitative estimate of drug-likeness (QED) is 0.815. The molecule has 1 aliphatic heterocycles. The Morgan fingerprint density at radius 2 is 2.00 bits per heavy atom. The van der Waals surface area contributed by atoms with E-state index in [2.05, 4.69) is 48.2 Å². The van der Waals surface area contributed by atoms with E-state index in [1.807, 2.05) is 6.07 Å². The van der Waals surface area contributed by atoms with Crippen LogP contribution < -0.4 is 14.8 Å². The van der Waals surface area contributed by atoms with Gasteiger partial charge in [0.25, 0.3) is 0 Å². The lowest BCUT2D eigenvalue weighted by molar-refractivity contribution is 0.326. The molecular weight excluding hydrogens is 372 g/mol. The van der Waals surface area contributed by atoms with Gasteiger partial charge in [0.2, 0.25) is 0 Å². The van der Waals surface area contributed by atoms with Gasteiger partial charge in [0, 0.05) is 37.9 Å². The van der Waals surface area contributed by atoms with Crippen molar-refractivity contribution in [1.29, 1.82) is 0 Å². The first kappa shape index (κ1) is 17.0. The molecule has 0 saturated carbocycles. The van der Waals surface area contributed by atoms with Gasteiger partial charge in [-0.3, -0.25) is 4.90 Å². The molecule has 0 aliphatic carbocycles. The van der Waals surface area contributed by atoms with Gasteiger partial charge in [-0.25, -0.2) is 9.97 Å². The van der Waals surface area contributed by atoms with Crippen LogP contribution in [0, 0.1) is 0 Å². The highest BCUT2D eigenvalue weighted by Gasteiger charge is 2.23. The van der Waals surface area contributed by atoms with Crippen LogP contribution in [0.15, 0.2) is 35.2 Å². The standard InChI is InChI=1S/C17H21BrN4O2/c1-23-14-5-12(6-15(7-14)24-2)9-22-4-3-13(10-22)21-17-16(18)8-19-11-20-17/h5-8,11,13H,3-4,9-10H2,1-2H3,(H,19,20,21). The predicted octanol–water partition coefficient (Wildman–Crippen LogP) is 2.94. The summed E-state index contributed by atoms with van der Waals surface area (Å²) >= 11 is 3.48. The fourth-order valence-electron chi connectivity index (χ4n) is 2.92. The van der Waals surface area contributed by atoms with Crippen molar-refractivity contribution in [3.63, 3.8) is 0 Å². The van der Waals surface area contributed by atoms with Crippen LogP contribution >= 0.6 is 15.9 Å². The molecule has 0 bridgehead atoms. The molecule has 1 aliphatic rings. The molecule has 1 aromatic heterocycles. The molecule has 1 aromatic carbocycles. The lowest BCUT2D eigenvalue weighted by Crippen LogP contribution is -2.26. The first-order chi connectivity index (χ1) is 11.7. The number of rotatable bonds is 6. The molecule has 6 nitrogen and oxygen atoms in total. The number of hydrogen-bond acceptors (Lipinski definition) is 6. The molecule has 0 radical (unpaired) electrons. The third-order valence-electron chi connectivity index (χ3n) is 4.10. The van der Waals surface area contributed by atoms with Gasteiger partial charge in [-0.05, 0) is 40.0 Å². The highest BCUT2D eigenvalue weighted by molar-refractivity contribution is 9.10. The number of nitrogens with one attached hydrogen (secondary N) is 1. The van der Waals surface area contributed by atoms with Gasteiger partial charge in [-0.2, -0.15) is 0 Å². The van der Waals surface area contributed by atoms with Gasteiger partial charge >= 0.3 is 0 Å². The van der Waals surface area contributed by atoms with Gasteiger partial charge in [0.05, 0.1) is 18.7 Å². The third-order valence-corrected chi connectivity index (χ3v) is 4.68. The Bertz CT molecular complexity index is 676. The van der Waals surface area contributed by atoms with Crippen molar-refractivity contribution in [3.05, 3.63) is 40.8 Å². The molecule has 3 rings (SSSR count). The summed E-state index contributed by atoms with van der Waals surface area (Å²) in [5.41, 5.74) is 1.19. The topological polar surface area (TPSA) is 59.5 Å². The summed E-state index contributed by atoms with van der Waals surface area (Å²) in [6.45, 7) is 2.88. The zero-order chi connectivity index (χ0) is 16.9. The Hall–Kier alpha value is -1.86. The van der Waals surface area contributed by atoms with E-state index in [0.717, 1.165) is 47.8 Å². The SMILES string of the molecule is COc1cc(CN2CCC(Nc3ncncc3Br)C2)cc(OC)c1. The minimum absolute atomic E-state index is 0.378. The number of anilines is 1. The molecule has 1 unspecified atom stereocenters. The van der Waals surface area contributed by atoms with Crippen LogP contribution in [0.1, 0.15) is 12.0 Å². The van der Waals surface area contributed by atoms with Crippen molar-refractivity contribution in [1.82, 2.24) is 14.9 Å². The number of halogens is 1. The van der Waals surface area contributed by atoms with Crippen LogP contribution in [0.5, 0.6) is 11.5 Å². The number of methoxy groups -OCH3 is 2. The molecule has 0 spiro atoms. The second kappa shape index (κ2) is 7.81. The Labute approximate surface area is 150 Å². The zero-order valence-corrected chi connectivity index (χ0v) is 15.4. The van der Waals surface area contributed by atoms with Crippen molar-refractivity contribution in [2.45, 2.75) is 19.0 Å². The molecular formula is C17H21BrN4O2. The van der Waals surface area contributed by atoms with Crippen LogP contribution in [-0.2, 0) is 6.54 Å². The number of likely N-dealkylation sites (tertiary alicyclic amines) is 1. The smallest absolute Gasteiger partial charge is 0.143 e. The summed E-state index contributed by atoms with van der Waals surface area (Å²) < 4.78 is 11.6. The third kappa shape index (κ3) is 4.15. The van der Waals surface area contributed by atoms with Crippen molar-refractivity contribution in [2.24, 2.45) is 0 Å². The normalized spacial score (nSPS) is 17.7. The molecule has 0 amide bonds. The van der Waals surface area contributed by atoms with Crippen LogP contribution in [0.25, 0.3) is 0 Å². The number of hydrogen-bond donors (Lipinski definition) is 1. The molecule has 1 fully saturated rings. The van der Waals surface area contributed by atoms with Crippen molar-refractivity contribution >= 4 is 21.7 Å². The van der Waals surface area contributed by atoms with Crippen molar-refractivity contribution < 1.29 is 9.47 Å². The molecule has 2 heterocycles. The average Bonchev–Trinajstić information content (AvgIpc) is 3.03. The van der Waals surface area contributed by atoms with Gasteiger partial charge in [-0.15, -0.1) is 0 Å². The number of aromatic nitrogens is 2. The van der Waals surface area contributed by atoms with E-state index in [9.17, 15) is 0 Å². The van der Waals surface area contributed by atoms with Crippen LogP contribution in [-0.4, -0.2) is 48.2 Å². The van der Waals surface area contributed by atoms with Crippen LogP contribution in [0.3, 0.4) is 0 Å². The summed E-state index contributed by atoms with van der Waals surface area (Å²) in [5.74, 6) is 2.49. The molecule has 1 saturated heterocycles. The monoisotopic (exact) mass is 392 g/mol. The lowest BCUT2D eigenvalue weighted by atomic mass is 10.2. The fraction of sp³-hybridized carbons (Fsp3) is 0.412. The van der Waals surface area contributed by atoms with Crippen molar-refractivity contribution in [3.8, 4) is 11.5 Å². The van der Waals surface area contributed by atoms with Gasteiger partial charge < -0.3 is 14.8 Å². The molecule has 2 aromatic rings. The van der Waals surface area contributed by atoms with Gasteiger partial charge in [-0.1, -0.05) is 0 Å².